The van der Waals surface area contributed by atoms with Crippen molar-refractivity contribution >= 4 is 23.1 Å². The van der Waals surface area contributed by atoms with Gasteiger partial charge in [-0.05, 0) is 61.7 Å². The Labute approximate surface area is 258 Å². The fraction of sp³-hybridized carbons (Fsp3) is 0.375. The van der Waals surface area contributed by atoms with Crippen LogP contribution in [-0.2, 0) is 12.7 Å². The zero-order valence-corrected chi connectivity index (χ0v) is 24.8. The molecule has 0 radical (unpaired) electrons. The molecular formula is C32H33F3N8O2. The van der Waals surface area contributed by atoms with Gasteiger partial charge in [0.2, 0.25) is 0 Å². The van der Waals surface area contributed by atoms with Crippen LogP contribution in [0.25, 0.3) is 5.65 Å². The smallest absolute Gasteiger partial charge is 0.393 e. The number of aromatic nitrogens is 4. The molecule has 0 spiro atoms. The molecule has 0 bridgehead atoms. The number of carbonyl (C=O) groups excluding carboxylic acids is 1. The predicted octanol–water partition coefficient (Wildman–Crippen LogP) is 3.50. The van der Waals surface area contributed by atoms with Crippen molar-refractivity contribution in [2.24, 2.45) is 0 Å². The molecule has 5 heterocycles. The van der Waals surface area contributed by atoms with E-state index in [2.05, 4.69) is 42.0 Å². The molecule has 2 fully saturated rings. The number of pyridine rings is 1. The molecule has 1 aromatic carbocycles. The topological polar surface area (TPSA) is 102 Å². The molecule has 45 heavy (non-hydrogen) atoms. The first-order valence-corrected chi connectivity index (χ1v) is 14.8. The Bertz CT molecular complexity index is 1750. The van der Waals surface area contributed by atoms with E-state index in [4.69, 9.17) is 0 Å². The lowest BCUT2D eigenvalue weighted by molar-refractivity contribution is -0.138. The first-order chi connectivity index (χ1) is 21.6. The van der Waals surface area contributed by atoms with Crippen molar-refractivity contribution in [3.8, 4) is 11.8 Å². The number of piperazine rings is 1. The number of nitrogens with zero attached hydrogens (tertiary/aromatic N) is 7. The third-order valence-electron chi connectivity index (χ3n) is 8.14. The largest absolute Gasteiger partial charge is 0.416 e. The lowest BCUT2D eigenvalue weighted by Gasteiger charge is -2.33. The Morgan fingerprint density at radius 2 is 1.78 bits per heavy atom. The molecule has 2 N–H and O–H groups in total. The summed E-state index contributed by atoms with van der Waals surface area (Å²) in [6.07, 6.45) is 0.946. The van der Waals surface area contributed by atoms with Gasteiger partial charge in [0.25, 0.3) is 5.91 Å². The van der Waals surface area contributed by atoms with Crippen molar-refractivity contribution in [2.45, 2.75) is 31.7 Å². The molecule has 0 unspecified atom stereocenters. The van der Waals surface area contributed by atoms with Crippen LogP contribution in [0.15, 0.2) is 55.0 Å². The SMILES string of the molecule is CN1CCN(Cc2ccc(NC(=O)c3cncc(C#Cc4cnc5ccc(N6CCC(O)CC6)nn45)c3)cc2C(F)(F)F)CC1. The number of piperidine rings is 1. The minimum Gasteiger partial charge on any atom is -0.393 e. The van der Waals surface area contributed by atoms with Gasteiger partial charge in [0.05, 0.1) is 23.4 Å². The van der Waals surface area contributed by atoms with Crippen molar-refractivity contribution in [3.05, 3.63) is 82.9 Å². The second-order valence-corrected chi connectivity index (χ2v) is 11.4. The number of fused-ring (bicyclic) bond motifs is 1. The summed E-state index contributed by atoms with van der Waals surface area (Å²) in [6, 6.07) is 9.19. The molecule has 3 aromatic heterocycles. The van der Waals surface area contributed by atoms with E-state index in [1.165, 1.54) is 30.6 Å². The maximum atomic E-state index is 14.0. The molecule has 13 heteroatoms. The first-order valence-electron chi connectivity index (χ1n) is 14.8. The number of rotatable bonds is 5. The van der Waals surface area contributed by atoms with E-state index in [0.29, 0.717) is 55.9 Å². The van der Waals surface area contributed by atoms with E-state index in [9.17, 15) is 23.1 Å². The van der Waals surface area contributed by atoms with Crippen LogP contribution in [0.5, 0.6) is 0 Å². The van der Waals surface area contributed by atoms with Crippen molar-refractivity contribution in [1.29, 1.82) is 0 Å². The summed E-state index contributed by atoms with van der Waals surface area (Å²) in [7, 11) is 1.99. The standard InChI is InChI=1S/C32H33F3N8O2/c1-40-12-14-41(15-13-40)21-23-3-4-25(17-28(23)32(33,34)35)38-31(45)24-16-22(18-36-19-24)2-5-26-20-37-29-6-7-30(39-43(26)29)42-10-8-27(44)9-11-42/h3-4,6-7,16-20,27,44H,8-15,21H2,1H3,(H,38,45). The Hall–Kier alpha value is -4.51. The Balaban J connectivity index is 1.17. The molecule has 2 saturated heterocycles. The molecule has 6 rings (SSSR count). The van der Waals surface area contributed by atoms with Gasteiger partial charge in [-0.15, -0.1) is 5.10 Å². The summed E-state index contributed by atoms with van der Waals surface area (Å²) in [5.74, 6) is 6.18. The number of hydrogen-bond donors (Lipinski definition) is 2. The van der Waals surface area contributed by atoms with Crippen molar-refractivity contribution < 1.29 is 23.1 Å². The lowest BCUT2D eigenvalue weighted by atomic mass is 10.0. The minimum absolute atomic E-state index is 0.0433. The average Bonchev–Trinajstić information content (AvgIpc) is 3.44. The van der Waals surface area contributed by atoms with E-state index in [0.717, 1.165) is 25.0 Å². The number of anilines is 2. The Morgan fingerprint density at radius 3 is 2.53 bits per heavy atom. The second-order valence-electron chi connectivity index (χ2n) is 11.4. The number of benzene rings is 1. The van der Waals surface area contributed by atoms with E-state index in [1.807, 2.05) is 24.1 Å². The molecule has 234 valence electrons. The van der Waals surface area contributed by atoms with Gasteiger partial charge >= 0.3 is 6.18 Å². The first kappa shape index (κ1) is 30.5. The van der Waals surface area contributed by atoms with Crippen LogP contribution in [0.2, 0.25) is 0 Å². The number of halogens is 3. The Morgan fingerprint density at radius 1 is 1.00 bits per heavy atom. The lowest BCUT2D eigenvalue weighted by Crippen LogP contribution is -2.44. The van der Waals surface area contributed by atoms with Gasteiger partial charge in [-0.3, -0.25) is 14.7 Å². The fourth-order valence-electron chi connectivity index (χ4n) is 5.49. The van der Waals surface area contributed by atoms with E-state index in [1.54, 1.807) is 10.7 Å². The van der Waals surface area contributed by atoms with Gasteiger partial charge in [0.15, 0.2) is 5.65 Å². The maximum absolute atomic E-state index is 14.0. The number of amides is 1. The zero-order chi connectivity index (χ0) is 31.6. The number of aliphatic hydroxyl groups excluding tert-OH is 1. The molecule has 10 nitrogen and oxygen atoms in total. The molecule has 0 aliphatic carbocycles. The molecule has 1 amide bonds. The van der Waals surface area contributed by atoms with Crippen LogP contribution in [0.4, 0.5) is 24.7 Å². The number of aliphatic hydroxyl groups is 1. The van der Waals surface area contributed by atoms with Crippen LogP contribution in [-0.4, -0.2) is 92.8 Å². The van der Waals surface area contributed by atoms with Crippen molar-refractivity contribution in [2.75, 3.05) is 56.5 Å². The highest BCUT2D eigenvalue weighted by molar-refractivity contribution is 6.04. The normalized spacial score (nSPS) is 16.9. The summed E-state index contributed by atoms with van der Waals surface area (Å²) in [6.45, 7) is 4.58. The highest BCUT2D eigenvalue weighted by Gasteiger charge is 2.34. The van der Waals surface area contributed by atoms with E-state index < -0.39 is 17.6 Å². The molecule has 0 atom stereocenters. The summed E-state index contributed by atoms with van der Waals surface area (Å²) in [5, 5.41) is 17.1. The molecule has 2 aliphatic heterocycles. The van der Waals surface area contributed by atoms with Crippen molar-refractivity contribution in [3.63, 3.8) is 0 Å². The monoisotopic (exact) mass is 618 g/mol. The van der Waals surface area contributed by atoms with Crippen LogP contribution >= 0.6 is 0 Å². The maximum Gasteiger partial charge on any atom is 0.416 e. The number of carbonyl (C=O) groups is 1. The summed E-state index contributed by atoms with van der Waals surface area (Å²) in [4.78, 5) is 27.8. The highest BCUT2D eigenvalue weighted by Crippen LogP contribution is 2.34. The minimum atomic E-state index is -4.57. The van der Waals surface area contributed by atoms with Crippen LogP contribution in [0, 0.1) is 11.8 Å². The molecule has 2 aliphatic rings. The third kappa shape index (κ3) is 7.25. The summed E-state index contributed by atoms with van der Waals surface area (Å²) < 4.78 is 43.6. The number of nitrogens with one attached hydrogen (secondary N) is 1. The molecular weight excluding hydrogens is 585 g/mol. The van der Waals surface area contributed by atoms with Crippen LogP contribution < -0.4 is 10.2 Å². The Kier molecular flexibility index (Phi) is 8.71. The quantitative estimate of drug-likeness (QED) is 0.328. The van der Waals surface area contributed by atoms with E-state index in [-0.39, 0.29) is 29.5 Å². The van der Waals surface area contributed by atoms with Gasteiger partial charge < -0.3 is 20.2 Å². The number of hydrogen-bond acceptors (Lipinski definition) is 8. The van der Waals surface area contributed by atoms with Gasteiger partial charge in [-0.1, -0.05) is 12.0 Å². The third-order valence-corrected chi connectivity index (χ3v) is 8.14. The second kappa shape index (κ2) is 12.8. The zero-order valence-electron chi connectivity index (χ0n) is 24.8. The number of alkyl halides is 3. The van der Waals surface area contributed by atoms with Crippen molar-refractivity contribution in [1.82, 2.24) is 29.4 Å². The highest BCUT2D eigenvalue weighted by atomic mass is 19.4. The number of likely N-dealkylation sites (N-methyl/N-ethyl adjacent to an activating group) is 1. The summed E-state index contributed by atoms with van der Waals surface area (Å²) >= 11 is 0. The summed E-state index contributed by atoms with van der Waals surface area (Å²) in [5.41, 5.74) is 1.21. The van der Waals surface area contributed by atoms with Crippen LogP contribution in [0.1, 0.15) is 45.6 Å². The van der Waals surface area contributed by atoms with Gasteiger partial charge in [0, 0.05) is 69.5 Å². The van der Waals surface area contributed by atoms with Gasteiger partial charge in [-0.25, -0.2) is 9.50 Å². The predicted molar refractivity (Wildman–Crippen MR) is 163 cm³/mol. The molecule has 4 aromatic rings. The van der Waals surface area contributed by atoms with E-state index >= 15 is 0 Å². The average molecular weight is 619 g/mol. The molecule has 0 saturated carbocycles. The van der Waals surface area contributed by atoms with Gasteiger partial charge in [-0.2, -0.15) is 13.2 Å². The fourth-order valence-corrected chi connectivity index (χ4v) is 5.49. The van der Waals surface area contributed by atoms with Gasteiger partial charge in [0.1, 0.15) is 11.5 Å². The number of imidazole rings is 1. The van der Waals surface area contributed by atoms with Crippen LogP contribution in [0.3, 0.4) is 0 Å².